The highest BCUT2D eigenvalue weighted by Crippen LogP contribution is 2.33. The van der Waals surface area contributed by atoms with E-state index in [0.29, 0.717) is 32.6 Å². The van der Waals surface area contributed by atoms with Crippen LogP contribution in [0.2, 0.25) is 0 Å². The molecule has 0 aliphatic carbocycles. The summed E-state index contributed by atoms with van der Waals surface area (Å²) in [5.41, 5.74) is 7.35. The summed E-state index contributed by atoms with van der Waals surface area (Å²) in [6, 6.07) is 29.9. The minimum absolute atomic E-state index is 0.256. The van der Waals surface area contributed by atoms with Gasteiger partial charge >= 0.3 is 6.09 Å². The van der Waals surface area contributed by atoms with E-state index in [1.165, 1.54) is 0 Å². The standard InChI is InChI=1S/C33H31N5O3/c1-24-31(27-12-6-3-7-13-27)32-34-29(28-14-8-11-25(21-28)15-20-39)22-30(38(32)35-24)36-16-18-37(19-17-36)33(40)41-23-26-9-4-2-5-10-26/h2-14,20-22H,15-19,23H2,1H3. The zero-order chi connectivity index (χ0) is 28.2. The molecule has 0 bridgehead atoms. The lowest BCUT2D eigenvalue weighted by Crippen LogP contribution is -2.49. The van der Waals surface area contributed by atoms with Crippen LogP contribution in [0.1, 0.15) is 16.8 Å². The monoisotopic (exact) mass is 545 g/mol. The van der Waals surface area contributed by atoms with Crippen molar-refractivity contribution in [1.29, 1.82) is 0 Å². The van der Waals surface area contributed by atoms with Crippen LogP contribution in [-0.2, 0) is 22.6 Å². The number of anilines is 1. The third-order valence-corrected chi connectivity index (χ3v) is 7.42. The van der Waals surface area contributed by atoms with E-state index in [1.54, 1.807) is 4.90 Å². The van der Waals surface area contributed by atoms with Gasteiger partial charge in [-0.15, -0.1) is 0 Å². The predicted molar refractivity (Wildman–Crippen MR) is 159 cm³/mol. The van der Waals surface area contributed by atoms with Crippen LogP contribution in [0, 0.1) is 6.92 Å². The molecule has 3 aromatic carbocycles. The van der Waals surface area contributed by atoms with Gasteiger partial charge in [0.2, 0.25) is 0 Å². The third-order valence-electron chi connectivity index (χ3n) is 7.42. The van der Waals surface area contributed by atoms with Gasteiger partial charge in [-0.3, -0.25) is 0 Å². The first-order valence-electron chi connectivity index (χ1n) is 13.8. The fourth-order valence-electron chi connectivity index (χ4n) is 5.31. The number of hydrogen-bond acceptors (Lipinski definition) is 6. The number of fused-ring (bicyclic) bond motifs is 1. The summed E-state index contributed by atoms with van der Waals surface area (Å²) in [6.45, 7) is 4.59. The van der Waals surface area contributed by atoms with Crippen LogP contribution >= 0.6 is 0 Å². The van der Waals surface area contributed by atoms with E-state index in [0.717, 1.165) is 57.0 Å². The number of benzene rings is 3. The highest BCUT2D eigenvalue weighted by Gasteiger charge is 2.26. The highest BCUT2D eigenvalue weighted by molar-refractivity contribution is 5.83. The molecule has 8 nitrogen and oxygen atoms in total. The van der Waals surface area contributed by atoms with Gasteiger partial charge in [-0.2, -0.15) is 9.61 Å². The molecule has 8 heteroatoms. The van der Waals surface area contributed by atoms with Crippen LogP contribution in [0.4, 0.5) is 10.6 Å². The lowest BCUT2D eigenvalue weighted by atomic mass is 10.0. The maximum Gasteiger partial charge on any atom is 0.410 e. The molecular weight excluding hydrogens is 514 g/mol. The zero-order valence-electron chi connectivity index (χ0n) is 22.9. The molecule has 0 saturated carbocycles. The van der Waals surface area contributed by atoms with E-state index in [4.69, 9.17) is 14.8 Å². The topological polar surface area (TPSA) is 80.0 Å². The van der Waals surface area contributed by atoms with Gasteiger partial charge in [-0.05, 0) is 29.7 Å². The van der Waals surface area contributed by atoms with E-state index in [9.17, 15) is 9.59 Å². The minimum atomic E-state index is -0.303. The SMILES string of the molecule is Cc1nn2c(N3CCN(C(=O)OCc4ccccc4)CC3)cc(-c3cccc(CC=O)c3)nc2c1-c1ccccc1. The van der Waals surface area contributed by atoms with Crippen LogP contribution < -0.4 is 4.90 Å². The number of aryl methyl sites for hydroxylation is 1. The van der Waals surface area contributed by atoms with E-state index in [2.05, 4.69) is 23.1 Å². The van der Waals surface area contributed by atoms with Gasteiger partial charge in [-0.1, -0.05) is 78.9 Å². The maximum absolute atomic E-state index is 12.8. The average molecular weight is 546 g/mol. The van der Waals surface area contributed by atoms with Gasteiger partial charge in [0.25, 0.3) is 0 Å². The molecule has 1 fully saturated rings. The number of aromatic nitrogens is 3. The fraction of sp³-hybridized carbons (Fsp3) is 0.212. The summed E-state index contributed by atoms with van der Waals surface area (Å²) in [6.07, 6.45) is 0.966. The molecule has 1 aliphatic rings. The zero-order valence-corrected chi connectivity index (χ0v) is 22.9. The normalized spacial score (nSPS) is 13.4. The number of amides is 1. The molecular formula is C33H31N5O3. The van der Waals surface area contributed by atoms with Gasteiger partial charge in [0.1, 0.15) is 18.7 Å². The molecule has 0 atom stereocenters. The molecule has 0 N–H and O–H groups in total. The summed E-state index contributed by atoms with van der Waals surface area (Å²) >= 11 is 0. The molecule has 2 aromatic heterocycles. The molecule has 3 heterocycles. The molecule has 206 valence electrons. The van der Waals surface area contributed by atoms with Gasteiger partial charge in [0.05, 0.1) is 11.4 Å². The van der Waals surface area contributed by atoms with Crippen LogP contribution in [0.15, 0.2) is 91.0 Å². The number of carbonyl (C=O) groups is 2. The number of aldehydes is 1. The van der Waals surface area contributed by atoms with Crippen molar-refractivity contribution < 1.29 is 14.3 Å². The molecule has 0 radical (unpaired) electrons. The highest BCUT2D eigenvalue weighted by atomic mass is 16.6. The molecule has 6 rings (SSSR count). The van der Waals surface area contributed by atoms with Crippen molar-refractivity contribution in [3.8, 4) is 22.4 Å². The van der Waals surface area contributed by atoms with E-state index in [1.807, 2.05) is 84.2 Å². The van der Waals surface area contributed by atoms with Crippen LogP contribution in [0.25, 0.3) is 28.0 Å². The first-order valence-corrected chi connectivity index (χ1v) is 13.8. The van der Waals surface area contributed by atoms with E-state index in [-0.39, 0.29) is 12.7 Å². The molecule has 1 amide bonds. The lowest BCUT2D eigenvalue weighted by Gasteiger charge is -2.35. The Morgan fingerprint density at radius 2 is 1.54 bits per heavy atom. The summed E-state index contributed by atoms with van der Waals surface area (Å²) < 4.78 is 7.49. The third kappa shape index (κ3) is 5.54. The number of ether oxygens (including phenoxy) is 1. The molecule has 1 saturated heterocycles. The first kappa shape index (κ1) is 26.3. The summed E-state index contributed by atoms with van der Waals surface area (Å²) in [5, 5.41) is 4.92. The van der Waals surface area contributed by atoms with Gasteiger partial charge < -0.3 is 19.3 Å². The number of carbonyl (C=O) groups excluding carboxylic acids is 2. The lowest BCUT2D eigenvalue weighted by molar-refractivity contribution is -0.107. The predicted octanol–water partition coefficient (Wildman–Crippen LogP) is 5.57. The van der Waals surface area contributed by atoms with Crippen LogP contribution in [0.3, 0.4) is 0 Å². The molecule has 41 heavy (non-hydrogen) atoms. The molecule has 0 unspecified atom stereocenters. The Kier molecular flexibility index (Phi) is 7.45. The second-order valence-electron chi connectivity index (χ2n) is 10.1. The van der Waals surface area contributed by atoms with Crippen LogP contribution in [0.5, 0.6) is 0 Å². The van der Waals surface area contributed by atoms with Crippen molar-refractivity contribution in [1.82, 2.24) is 19.5 Å². The molecule has 1 aliphatic heterocycles. The van der Waals surface area contributed by atoms with E-state index < -0.39 is 0 Å². The van der Waals surface area contributed by atoms with E-state index >= 15 is 0 Å². The number of hydrogen-bond donors (Lipinski definition) is 0. The minimum Gasteiger partial charge on any atom is -0.445 e. The smallest absolute Gasteiger partial charge is 0.410 e. The van der Waals surface area contributed by atoms with Crippen molar-refractivity contribution in [3.05, 3.63) is 108 Å². The van der Waals surface area contributed by atoms with Crippen molar-refractivity contribution in [2.24, 2.45) is 0 Å². The fourth-order valence-corrected chi connectivity index (χ4v) is 5.31. The van der Waals surface area contributed by atoms with Crippen molar-refractivity contribution >= 4 is 23.8 Å². The number of nitrogens with zero attached hydrogens (tertiary/aromatic N) is 5. The summed E-state index contributed by atoms with van der Waals surface area (Å²) in [7, 11) is 0. The Morgan fingerprint density at radius 1 is 0.854 bits per heavy atom. The van der Waals surface area contributed by atoms with Crippen molar-refractivity contribution in [2.75, 3.05) is 31.1 Å². The second-order valence-corrected chi connectivity index (χ2v) is 10.1. The van der Waals surface area contributed by atoms with Gasteiger partial charge in [0.15, 0.2) is 5.65 Å². The van der Waals surface area contributed by atoms with Crippen molar-refractivity contribution in [3.63, 3.8) is 0 Å². The molecule has 0 spiro atoms. The quantitative estimate of drug-likeness (QED) is 0.249. The largest absolute Gasteiger partial charge is 0.445 e. The summed E-state index contributed by atoms with van der Waals surface area (Å²) in [4.78, 5) is 33.1. The van der Waals surface area contributed by atoms with Crippen molar-refractivity contribution in [2.45, 2.75) is 20.0 Å². The summed E-state index contributed by atoms with van der Waals surface area (Å²) in [5.74, 6) is 0.911. The second kappa shape index (κ2) is 11.6. The Morgan fingerprint density at radius 3 is 2.27 bits per heavy atom. The number of rotatable bonds is 7. The van der Waals surface area contributed by atoms with Crippen LogP contribution in [-0.4, -0.2) is 58.1 Å². The first-order chi connectivity index (χ1) is 20.1. The average Bonchev–Trinajstić information content (AvgIpc) is 3.36. The van der Waals surface area contributed by atoms with Gasteiger partial charge in [0, 0.05) is 49.8 Å². The van der Waals surface area contributed by atoms with Gasteiger partial charge in [-0.25, -0.2) is 9.78 Å². The Balaban J connectivity index is 1.32. The maximum atomic E-state index is 12.8. The Labute approximate surface area is 238 Å². The Hall–Kier alpha value is -4.98. The Bertz CT molecular complexity index is 1680. The molecule has 5 aromatic rings. The number of piperazine rings is 1.